The molecule has 0 heterocycles. The molecular formula is C15H13BrCl2O. The second kappa shape index (κ2) is 6.27. The molecule has 4 heteroatoms. The topological polar surface area (TPSA) is 20.2 Å². The highest BCUT2D eigenvalue weighted by molar-refractivity contribution is 9.10. The lowest BCUT2D eigenvalue weighted by atomic mass is 9.98. The van der Waals surface area contributed by atoms with E-state index in [1.807, 2.05) is 43.3 Å². The fourth-order valence-corrected chi connectivity index (χ4v) is 2.92. The highest BCUT2D eigenvalue weighted by Gasteiger charge is 2.14. The lowest BCUT2D eigenvalue weighted by molar-refractivity contribution is 0.178. The van der Waals surface area contributed by atoms with Gasteiger partial charge in [-0.25, -0.2) is 0 Å². The van der Waals surface area contributed by atoms with E-state index in [-0.39, 0.29) is 0 Å². The number of halogens is 3. The Morgan fingerprint density at radius 3 is 2.58 bits per heavy atom. The number of hydrogen-bond donors (Lipinski definition) is 1. The van der Waals surface area contributed by atoms with Gasteiger partial charge in [0.05, 0.1) is 6.10 Å². The molecule has 19 heavy (non-hydrogen) atoms. The molecule has 1 unspecified atom stereocenters. The van der Waals surface area contributed by atoms with Crippen LogP contribution in [0.1, 0.15) is 22.8 Å². The number of hydrogen-bond acceptors (Lipinski definition) is 1. The van der Waals surface area contributed by atoms with Gasteiger partial charge in [-0.3, -0.25) is 0 Å². The smallest absolute Gasteiger partial charge is 0.0833 e. The van der Waals surface area contributed by atoms with Gasteiger partial charge in [0.15, 0.2) is 0 Å². The molecular weight excluding hydrogens is 347 g/mol. The predicted octanol–water partition coefficient (Wildman–Crippen LogP) is 5.34. The molecule has 0 fully saturated rings. The number of rotatable bonds is 3. The lowest BCUT2D eigenvalue weighted by Crippen LogP contribution is -2.04. The Kier molecular flexibility index (Phi) is 4.91. The number of aliphatic hydroxyl groups excluding tert-OH is 1. The minimum absolute atomic E-state index is 0.466. The quantitative estimate of drug-likeness (QED) is 0.784. The first kappa shape index (κ1) is 14.9. The van der Waals surface area contributed by atoms with Crippen LogP contribution in [-0.4, -0.2) is 5.11 Å². The molecule has 0 aliphatic rings. The molecule has 1 N–H and O–H groups in total. The minimum Gasteiger partial charge on any atom is -0.388 e. The highest BCUT2D eigenvalue weighted by Crippen LogP contribution is 2.29. The van der Waals surface area contributed by atoms with Gasteiger partial charge >= 0.3 is 0 Å². The number of benzene rings is 2. The van der Waals surface area contributed by atoms with Gasteiger partial charge in [-0.1, -0.05) is 57.3 Å². The van der Waals surface area contributed by atoms with Crippen molar-refractivity contribution in [3.8, 4) is 0 Å². The van der Waals surface area contributed by atoms with Crippen molar-refractivity contribution in [1.82, 2.24) is 0 Å². The van der Waals surface area contributed by atoms with Crippen LogP contribution in [0.3, 0.4) is 0 Å². The summed E-state index contributed by atoms with van der Waals surface area (Å²) in [4.78, 5) is 0. The van der Waals surface area contributed by atoms with E-state index >= 15 is 0 Å². The zero-order valence-corrected chi connectivity index (χ0v) is 13.4. The predicted molar refractivity (Wildman–Crippen MR) is 84.0 cm³/mol. The van der Waals surface area contributed by atoms with Crippen molar-refractivity contribution in [3.63, 3.8) is 0 Å². The molecule has 2 rings (SSSR count). The summed E-state index contributed by atoms with van der Waals surface area (Å²) in [6.07, 6.45) is -0.148. The first-order valence-corrected chi connectivity index (χ1v) is 7.41. The van der Waals surface area contributed by atoms with Crippen molar-refractivity contribution in [3.05, 3.63) is 67.6 Å². The molecule has 0 bridgehead atoms. The highest BCUT2D eigenvalue weighted by atomic mass is 79.9. The largest absolute Gasteiger partial charge is 0.388 e. The monoisotopic (exact) mass is 358 g/mol. The summed E-state index contributed by atoms with van der Waals surface area (Å²) in [7, 11) is 0. The van der Waals surface area contributed by atoms with E-state index in [0.717, 1.165) is 21.2 Å². The SMILES string of the molecule is Cc1c(Cl)cccc1C(O)Cc1ccc(Br)cc1Cl. The second-order valence-corrected chi connectivity index (χ2v) is 6.14. The Morgan fingerprint density at radius 1 is 1.16 bits per heavy atom. The summed E-state index contributed by atoms with van der Waals surface area (Å²) in [5, 5.41) is 11.7. The summed E-state index contributed by atoms with van der Waals surface area (Å²) >= 11 is 15.6. The molecule has 0 aliphatic heterocycles. The van der Waals surface area contributed by atoms with E-state index in [0.29, 0.717) is 16.5 Å². The minimum atomic E-state index is -0.614. The van der Waals surface area contributed by atoms with Crippen LogP contribution in [-0.2, 0) is 6.42 Å². The third-order valence-electron chi connectivity index (χ3n) is 3.10. The van der Waals surface area contributed by atoms with Crippen LogP contribution in [0, 0.1) is 6.92 Å². The van der Waals surface area contributed by atoms with Crippen molar-refractivity contribution in [1.29, 1.82) is 0 Å². The molecule has 1 nitrogen and oxygen atoms in total. The van der Waals surface area contributed by atoms with Crippen molar-refractivity contribution in [2.45, 2.75) is 19.4 Å². The van der Waals surface area contributed by atoms with Crippen molar-refractivity contribution in [2.75, 3.05) is 0 Å². The van der Waals surface area contributed by atoms with Gasteiger partial charge in [-0.2, -0.15) is 0 Å². The van der Waals surface area contributed by atoms with E-state index in [1.165, 1.54) is 0 Å². The molecule has 1 atom stereocenters. The van der Waals surface area contributed by atoms with Crippen LogP contribution in [0.25, 0.3) is 0 Å². The van der Waals surface area contributed by atoms with Gasteiger partial charge in [0, 0.05) is 20.9 Å². The summed E-state index contributed by atoms with van der Waals surface area (Å²) in [5.41, 5.74) is 2.66. The summed E-state index contributed by atoms with van der Waals surface area (Å²) in [6.45, 7) is 1.91. The Hall–Kier alpha value is -0.540. The Morgan fingerprint density at radius 2 is 1.89 bits per heavy atom. The van der Waals surface area contributed by atoms with E-state index in [4.69, 9.17) is 23.2 Å². The zero-order chi connectivity index (χ0) is 14.0. The van der Waals surface area contributed by atoms with Gasteiger partial charge in [0.2, 0.25) is 0 Å². The molecule has 2 aromatic carbocycles. The van der Waals surface area contributed by atoms with Crippen LogP contribution in [0.15, 0.2) is 40.9 Å². The van der Waals surface area contributed by atoms with Crippen LogP contribution in [0.2, 0.25) is 10.0 Å². The maximum atomic E-state index is 10.3. The van der Waals surface area contributed by atoms with Crippen molar-refractivity contribution in [2.24, 2.45) is 0 Å². The molecule has 2 aromatic rings. The summed E-state index contributed by atoms with van der Waals surface area (Å²) in [5.74, 6) is 0. The fourth-order valence-electron chi connectivity index (χ4n) is 1.99. The molecule has 0 aromatic heterocycles. The van der Waals surface area contributed by atoms with E-state index in [1.54, 1.807) is 0 Å². The molecule has 0 radical (unpaired) electrons. The molecule has 0 aliphatic carbocycles. The standard InChI is InChI=1S/C15H13BrCl2O/c1-9-12(3-2-4-13(9)17)15(19)7-10-5-6-11(16)8-14(10)18/h2-6,8,15,19H,7H2,1H3. The van der Waals surface area contributed by atoms with E-state index in [2.05, 4.69) is 15.9 Å². The third-order valence-corrected chi connectivity index (χ3v) is 4.35. The molecule has 0 saturated carbocycles. The van der Waals surface area contributed by atoms with Crippen molar-refractivity contribution >= 4 is 39.1 Å². The molecule has 0 saturated heterocycles. The van der Waals surface area contributed by atoms with Gasteiger partial charge in [0.25, 0.3) is 0 Å². The molecule has 100 valence electrons. The fraction of sp³-hybridized carbons (Fsp3) is 0.200. The van der Waals surface area contributed by atoms with Crippen LogP contribution >= 0.6 is 39.1 Å². The zero-order valence-electron chi connectivity index (χ0n) is 10.3. The second-order valence-electron chi connectivity index (χ2n) is 4.41. The summed E-state index contributed by atoms with van der Waals surface area (Å²) < 4.78 is 0.926. The van der Waals surface area contributed by atoms with Crippen molar-refractivity contribution < 1.29 is 5.11 Å². The maximum Gasteiger partial charge on any atom is 0.0833 e. The average Bonchev–Trinajstić information content (AvgIpc) is 2.36. The van der Waals surface area contributed by atoms with E-state index in [9.17, 15) is 5.11 Å². The van der Waals surface area contributed by atoms with Crippen LogP contribution in [0.5, 0.6) is 0 Å². The van der Waals surface area contributed by atoms with Gasteiger partial charge in [-0.05, 0) is 41.8 Å². The maximum absolute atomic E-state index is 10.3. The van der Waals surface area contributed by atoms with E-state index < -0.39 is 6.10 Å². The normalized spacial score (nSPS) is 12.5. The Balaban J connectivity index is 2.25. The van der Waals surface area contributed by atoms with Gasteiger partial charge < -0.3 is 5.11 Å². The Labute approximate surface area is 131 Å². The lowest BCUT2D eigenvalue weighted by Gasteiger charge is -2.15. The average molecular weight is 360 g/mol. The summed E-state index contributed by atoms with van der Waals surface area (Å²) in [6, 6.07) is 11.2. The first-order chi connectivity index (χ1) is 8.99. The van der Waals surface area contributed by atoms with Gasteiger partial charge in [0.1, 0.15) is 0 Å². The third kappa shape index (κ3) is 3.51. The molecule has 0 amide bonds. The number of aliphatic hydroxyl groups is 1. The first-order valence-electron chi connectivity index (χ1n) is 5.86. The van der Waals surface area contributed by atoms with Gasteiger partial charge in [-0.15, -0.1) is 0 Å². The van der Waals surface area contributed by atoms with Crippen LogP contribution < -0.4 is 0 Å². The Bertz CT molecular complexity index is 599. The van der Waals surface area contributed by atoms with Crippen LogP contribution in [0.4, 0.5) is 0 Å². The molecule has 0 spiro atoms.